The number of hydrogen-bond donors (Lipinski definition) is 0. The van der Waals surface area contributed by atoms with Crippen LogP contribution in [0.1, 0.15) is 31.4 Å². The second-order valence-electron chi connectivity index (χ2n) is 7.74. The van der Waals surface area contributed by atoms with Gasteiger partial charge in [-0.1, -0.05) is 12.1 Å². The second kappa shape index (κ2) is 8.45. The lowest BCUT2D eigenvalue weighted by molar-refractivity contribution is -0.486. The normalized spacial score (nSPS) is 22.0. The van der Waals surface area contributed by atoms with Gasteiger partial charge in [0.1, 0.15) is 11.7 Å². The Labute approximate surface area is 168 Å². The minimum absolute atomic E-state index is 0.00254. The van der Waals surface area contributed by atoms with Crippen LogP contribution in [0.15, 0.2) is 29.4 Å². The summed E-state index contributed by atoms with van der Waals surface area (Å²) in [7, 11) is 0. The van der Waals surface area contributed by atoms with E-state index < -0.39 is 11.1 Å². The van der Waals surface area contributed by atoms with Gasteiger partial charge in [-0.15, -0.1) is 0 Å². The average molecular weight is 401 g/mol. The van der Waals surface area contributed by atoms with Gasteiger partial charge in [0.05, 0.1) is 30.4 Å². The molecule has 1 atom stereocenters. The third-order valence-electron chi connectivity index (χ3n) is 4.92. The molecule has 3 rings (SSSR count). The van der Waals surface area contributed by atoms with E-state index in [4.69, 9.17) is 14.7 Å². The van der Waals surface area contributed by atoms with Crippen molar-refractivity contribution in [1.82, 2.24) is 9.80 Å². The summed E-state index contributed by atoms with van der Waals surface area (Å²) in [6, 6.07) is 8.66. The highest BCUT2D eigenvalue weighted by Gasteiger charge is 2.39. The van der Waals surface area contributed by atoms with Crippen LogP contribution in [0, 0.1) is 27.4 Å². The van der Waals surface area contributed by atoms with Crippen molar-refractivity contribution in [3.05, 3.63) is 45.5 Å². The van der Waals surface area contributed by atoms with Crippen LogP contribution in [0.25, 0.3) is 0 Å². The van der Waals surface area contributed by atoms with Crippen LogP contribution in [-0.2, 0) is 16.1 Å². The van der Waals surface area contributed by atoms with E-state index in [1.165, 1.54) is 4.90 Å². The maximum atomic E-state index is 12.5. The zero-order chi connectivity index (χ0) is 21.0. The number of nitriles is 1. The average Bonchev–Trinajstić information content (AvgIpc) is 3.22. The van der Waals surface area contributed by atoms with Crippen LogP contribution in [0.5, 0.6) is 0 Å². The molecule has 0 N–H and O–H groups in total. The molecule has 29 heavy (non-hydrogen) atoms. The Bertz CT molecular complexity index is 846. The quantitative estimate of drug-likeness (QED) is 0.547. The van der Waals surface area contributed by atoms with Gasteiger partial charge in [-0.2, -0.15) is 5.26 Å². The van der Waals surface area contributed by atoms with Crippen LogP contribution in [0.2, 0.25) is 0 Å². The van der Waals surface area contributed by atoms with Gasteiger partial charge < -0.3 is 14.4 Å². The number of rotatable bonds is 5. The first kappa shape index (κ1) is 20.5. The monoisotopic (exact) mass is 401 g/mol. The van der Waals surface area contributed by atoms with E-state index >= 15 is 0 Å². The SMILES string of the molecule is CC1(C)CC(CN2CCN(C(=O)OCc3ccc(C#N)cc3)C2=N[N+](=O)[O-])CO1. The number of carbonyl (C=O) groups excluding carboxylic acids is 1. The number of nitrogens with zero attached hydrogens (tertiary/aromatic N) is 5. The molecule has 0 aromatic heterocycles. The molecule has 2 saturated heterocycles. The Balaban J connectivity index is 1.63. The van der Waals surface area contributed by atoms with Crippen LogP contribution < -0.4 is 0 Å². The molecule has 1 aromatic rings. The fourth-order valence-electron chi connectivity index (χ4n) is 3.61. The topological polar surface area (TPSA) is 121 Å². The first-order chi connectivity index (χ1) is 13.8. The molecular formula is C19H23N5O5. The molecule has 2 heterocycles. The number of guanidine groups is 1. The lowest BCUT2D eigenvalue weighted by Crippen LogP contribution is -2.40. The third kappa shape index (κ3) is 5.20. The zero-order valence-electron chi connectivity index (χ0n) is 16.4. The summed E-state index contributed by atoms with van der Waals surface area (Å²) in [5, 5.41) is 22.5. The molecule has 2 fully saturated rings. The summed E-state index contributed by atoms with van der Waals surface area (Å²) in [5.74, 6) is 0.195. The van der Waals surface area contributed by atoms with Crippen molar-refractivity contribution in [2.75, 3.05) is 26.2 Å². The van der Waals surface area contributed by atoms with E-state index in [1.807, 2.05) is 19.9 Å². The van der Waals surface area contributed by atoms with E-state index in [1.54, 1.807) is 29.2 Å². The van der Waals surface area contributed by atoms with Crippen LogP contribution in [-0.4, -0.2) is 58.7 Å². The summed E-state index contributed by atoms with van der Waals surface area (Å²) in [6.07, 6.45) is 0.138. The van der Waals surface area contributed by atoms with E-state index in [-0.39, 0.29) is 30.6 Å². The Hall–Kier alpha value is -3.19. The highest BCUT2D eigenvalue weighted by Crippen LogP contribution is 2.30. The van der Waals surface area contributed by atoms with Gasteiger partial charge >= 0.3 is 6.09 Å². The number of nitro groups is 1. The Morgan fingerprint density at radius 1 is 1.41 bits per heavy atom. The van der Waals surface area contributed by atoms with Crippen molar-refractivity contribution >= 4 is 12.1 Å². The molecule has 0 spiro atoms. The number of carbonyl (C=O) groups is 1. The summed E-state index contributed by atoms with van der Waals surface area (Å²) >= 11 is 0. The molecule has 2 aliphatic heterocycles. The van der Waals surface area contributed by atoms with Crippen molar-refractivity contribution in [3.8, 4) is 6.07 Å². The molecule has 10 heteroatoms. The van der Waals surface area contributed by atoms with E-state index in [9.17, 15) is 14.9 Å². The minimum atomic E-state index is -0.802. The fraction of sp³-hybridized carbons (Fsp3) is 0.526. The Kier molecular flexibility index (Phi) is 5.98. The van der Waals surface area contributed by atoms with Gasteiger partial charge in [-0.05, 0) is 38.0 Å². The maximum absolute atomic E-state index is 12.5. The smallest absolute Gasteiger partial charge is 0.417 e. The van der Waals surface area contributed by atoms with Gasteiger partial charge in [-0.3, -0.25) is 0 Å². The summed E-state index contributed by atoms with van der Waals surface area (Å²) in [6.45, 7) is 5.81. The number of ether oxygens (including phenoxy) is 2. The van der Waals surface area contributed by atoms with Gasteiger partial charge in [-0.25, -0.2) is 19.8 Å². The molecule has 2 aliphatic rings. The fourth-order valence-corrected chi connectivity index (χ4v) is 3.61. The molecule has 0 bridgehead atoms. The van der Waals surface area contributed by atoms with E-state index in [0.717, 1.165) is 6.42 Å². The lowest BCUT2D eigenvalue weighted by Gasteiger charge is -2.22. The van der Waals surface area contributed by atoms with Gasteiger partial charge in [0, 0.05) is 19.0 Å². The molecule has 0 radical (unpaired) electrons. The minimum Gasteiger partial charge on any atom is -0.444 e. The molecule has 0 saturated carbocycles. The zero-order valence-corrected chi connectivity index (χ0v) is 16.4. The molecule has 1 aromatic carbocycles. The van der Waals surface area contributed by atoms with Crippen molar-refractivity contribution in [2.24, 2.45) is 11.0 Å². The van der Waals surface area contributed by atoms with Crippen molar-refractivity contribution in [2.45, 2.75) is 32.5 Å². The molecule has 0 aliphatic carbocycles. The molecular weight excluding hydrogens is 378 g/mol. The van der Waals surface area contributed by atoms with Crippen molar-refractivity contribution in [3.63, 3.8) is 0 Å². The standard InChI is InChI=1S/C19H23N5O5/c1-19(2)9-16(13-29-19)11-22-7-8-23(17(22)21-24(26)27)18(25)28-12-15-5-3-14(10-20)4-6-15/h3-6,16H,7-9,11-13H2,1-2H3. The number of amides is 1. The van der Waals surface area contributed by atoms with Crippen molar-refractivity contribution in [1.29, 1.82) is 5.26 Å². The first-order valence-corrected chi connectivity index (χ1v) is 9.32. The third-order valence-corrected chi connectivity index (χ3v) is 4.92. The highest BCUT2D eigenvalue weighted by molar-refractivity contribution is 5.95. The lowest BCUT2D eigenvalue weighted by atomic mass is 9.97. The molecule has 10 nitrogen and oxygen atoms in total. The van der Waals surface area contributed by atoms with Crippen LogP contribution >= 0.6 is 0 Å². The van der Waals surface area contributed by atoms with E-state index in [2.05, 4.69) is 5.10 Å². The molecule has 1 unspecified atom stereocenters. The predicted molar refractivity (Wildman–Crippen MR) is 102 cm³/mol. The van der Waals surface area contributed by atoms with Gasteiger partial charge in [0.15, 0.2) is 5.03 Å². The van der Waals surface area contributed by atoms with Gasteiger partial charge in [0.2, 0.25) is 0 Å². The Morgan fingerprint density at radius 2 is 2.14 bits per heavy atom. The predicted octanol–water partition coefficient (Wildman–Crippen LogP) is 2.18. The van der Waals surface area contributed by atoms with Crippen LogP contribution in [0.3, 0.4) is 0 Å². The van der Waals surface area contributed by atoms with Crippen LogP contribution in [0.4, 0.5) is 4.79 Å². The summed E-state index contributed by atoms with van der Waals surface area (Å²) in [5.41, 5.74) is 1.01. The molecule has 1 amide bonds. The Morgan fingerprint density at radius 3 is 2.72 bits per heavy atom. The summed E-state index contributed by atoms with van der Waals surface area (Å²) in [4.78, 5) is 26.5. The molecule has 154 valence electrons. The first-order valence-electron chi connectivity index (χ1n) is 9.32. The number of benzene rings is 1. The maximum Gasteiger partial charge on any atom is 0.417 e. The van der Waals surface area contributed by atoms with Crippen molar-refractivity contribution < 1.29 is 19.3 Å². The highest BCUT2D eigenvalue weighted by atomic mass is 16.7. The second-order valence-corrected chi connectivity index (χ2v) is 7.74. The van der Waals surface area contributed by atoms with Gasteiger partial charge in [0.25, 0.3) is 5.96 Å². The number of hydrazone groups is 1. The van der Waals surface area contributed by atoms with E-state index in [0.29, 0.717) is 30.8 Å². The number of hydrogen-bond acceptors (Lipinski definition) is 6. The largest absolute Gasteiger partial charge is 0.444 e. The summed E-state index contributed by atoms with van der Waals surface area (Å²) < 4.78 is 11.0.